The number of hydrogen-bond acceptors (Lipinski definition) is 3. The van der Waals surface area contributed by atoms with Gasteiger partial charge < -0.3 is 14.4 Å². The Morgan fingerprint density at radius 1 is 1.45 bits per heavy atom. The van der Waals surface area contributed by atoms with Gasteiger partial charge in [0.1, 0.15) is 5.82 Å². The number of carbonyl (C=O) groups excluding carboxylic acids is 1. The van der Waals surface area contributed by atoms with Crippen molar-refractivity contribution in [1.82, 2.24) is 4.90 Å². The second-order valence-corrected chi connectivity index (χ2v) is 6.24. The summed E-state index contributed by atoms with van der Waals surface area (Å²) >= 11 is 0. The molecule has 0 bridgehead atoms. The summed E-state index contributed by atoms with van der Waals surface area (Å²) in [6.45, 7) is 2.04. The standard InChI is InChI=1S/C17H22FNO3/c1-21-15-11-17(22-12-15)5-7-19(8-6-17)16(20)10-13-3-2-4-14(18)9-13/h2-4,9,15H,5-8,10-12H2,1H3/t15-/m1/s1. The third-order valence-corrected chi connectivity index (χ3v) is 4.78. The van der Waals surface area contributed by atoms with Crippen molar-refractivity contribution in [3.63, 3.8) is 0 Å². The number of likely N-dealkylation sites (tertiary alicyclic amines) is 1. The number of halogens is 1. The van der Waals surface area contributed by atoms with Gasteiger partial charge in [-0.05, 0) is 30.5 Å². The molecule has 1 spiro atoms. The molecule has 120 valence electrons. The molecule has 2 fully saturated rings. The zero-order chi connectivity index (χ0) is 15.6. The zero-order valence-corrected chi connectivity index (χ0v) is 12.9. The van der Waals surface area contributed by atoms with Crippen molar-refractivity contribution in [2.24, 2.45) is 0 Å². The molecule has 0 radical (unpaired) electrons. The predicted octanol–water partition coefficient (Wildman–Crippen LogP) is 2.16. The first-order valence-corrected chi connectivity index (χ1v) is 7.79. The highest BCUT2D eigenvalue weighted by atomic mass is 19.1. The minimum absolute atomic E-state index is 0.0572. The van der Waals surface area contributed by atoms with Gasteiger partial charge in [0.25, 0.3) is 0 Å². The topological polar surface area (TPSA) is 38.8 Å². The highest BCUT2D eigenvalue weighted by Crippen LogP contribution is 2.36. The molecule has 1 amide bonds. The Morgan fingerprint density at radius 3 is 2.86 bits per heavy atom. The molecule has 1 atom stereocenters. The first kappa shape index (κ1) is 15.4. The molecular weight excluding hydrogens is 285 g/mol. The van der Waals surface area contributed by atoms with Gasteiger partial charge in [-0.2, -0.15) is 0 Å². The van der Waals surface area contributed by atoms with Crippen LogP contribution in [0, 0.1) is 5.82 Å². The van der Waals surface area contributed by atoms with Crippen molar-refractivity contribution in [2.75, 3.05) is 26.8 Å². The van der Waals surface area contributed by atoms with Crippen LogP contribution in [0.5, 0.6) is 0 Å². The van der Waals surface area contributed by atoms with E-state index in [0.29, 0.717) is 19.7 Å². The maximum atomic E-state index is 13.2. The summed E-state index contributed by atoms with van der Waals surface area (Å²) in [7, 11) is 1.71. The number of piperidine rings is 1. The Hall–Kier alpha value is -1.46. The summed E-state index contributed by atoms with van der Waals surface area (Å²) in [6, 6.07) is 6.24. The number of methoxy groups -OCH3 is 1. The molecule has 3 rings (SSSR count). The van der Waals surface area contributed by atoms with E-state index in [2.05, 4.69) is 0 Å². The summed E-state index contributed by atoms with van der Waals surface area (Å²) in [6.07, 6.45) is 3.04. The van der Waals surface area contributed by atoms with E-state index in [9.17, 15) is 9.18 Å². The summed E-state index contributed by atoms with van der Waals surface area (Å²) in [5, 5.41) is 0. The number of carbonyl (C=O) groups is 1. The number of rotatable bonds is 3. The van der Waals surface area contributed by atoms with Crippen molar-refractivity contribution in [3.8, 4) is 0 Å². The third kappa shape index (κ3) is 3.31. The van der Waals surface area contributed by atoms with Crippen molar-refractivity contribution in [1.29, 1.82) is 0 Å². The van der Waals surface area contributed by atoms with E-state index in [1.165, 1.54) is 12.1 Å². The Kier molecular flexibility index (Phi) is 4.45. The van der Waals surface area contributed by atoms with Gasteiger partial charge in [-0.1, -0.05) is 12.1 Å². The fourth-order valence-corrected chi connectivity index (χ4v) is 3.40. The molecule has 4 nitrogen and oxygen atoms in total. The van der Waals surface area contributed by atoms with E-state index < -0.39 is 0 Å². The second-order valence-electron chi connectivity index (χ2n) is 6.24. The highest BCUT2D eigenvalue weighted by molar-refractivity contribution is 5.78. The number of benzene rings is 1. The van der Waals surface area contributed by atoms with Gasteiger partial charge in [0.2, 0.25) is 5.91 Å². The van der Waals surface area contributed by atoms with Crippen molar-refractivity contribution >= 4 is 5.91 Å². The molecule has 2 heterocycles. The van der Waals surface area contributed by atoms with Crippen LogP contribution in [0.2, 0.25) is 0 Å². The van der Waals surface area contributed by atoms with Crippen molar-refractivity contribution < 1.29 is 18.7 Å². The van der Waals surface area contributed by atoms with E-state index in [4.69, 9.17) is 9.47 Å². The molecule has 1 aromatic rings. The van der Waals surface area contributed by atoms with Crippen LogP contribution in [0.15, 0.2) is 24.3 Å². The first-order chi connectivity index (χ1) is 10.6. The lowest BCUT2D eigenvalue weighted by molar-refractivity contribution is -0.135. The number of hydrogen-bond donors (Lipinski definition) is 0. The average Bonchev–Trinajstić information content (AvgIpc) is 2.91. The maximum Gasteiger partial charge on any atom is 0.226 e. The zero-order valence-electron chi connectivity index (χ0n) is 12.9. The van der Waals surface area contributed by atoms with Crippen LogP contribution in [0.1, 0.15) is 24.8 Å². The summed E-state index contributed by atoms with van der Waals surface area (Å²) < 4.78 is 24.5. The molecule has 0 N–H and O–H groups in total. The Labute approximate surface area is 130 Å². The van der Waals surface area contributed by atoms with E-state index in [1.807, 2.05) is 4.90 Å². The van der Waals surface area contributed by atoms with E-state index in [-0.39, 0.29) is 29.9 Å². The highest BCUT2D eigenvalue weighted by Gasteiger charge is 2.43. The molecule has 0 aromatic heterocycles. The molecule has 22 heavy (non-hydrogen) atoms. The van der Waals surface area contributed by atoms with Gasteiger partial charge in [-0.15, -0.1) is 0 Å². The van der Waals surface area contributed by atoms with Crippen LogP contribution < -0.4 is 0 Å². The summed E-state index contributed by atoms with van der Waals surface area (Å²) in [5.74, 6) is -0.241. The average molecular weight is 307 g/mol. The lowest BCUT2D eigenvalue weighted by Crippen LogP contribution is -2.47. The van der Waals surface area contributed by atoms with Gasteiger partial charge in [0.15, 0.2) is 0 Å². The van der Waals surface area contributed by atoms with E-state index in [0.717, 1.165) is 24.8 Å². The molecule has 5 heteroatoms. The van der Waals surface area contributed by atoms with Gasteiger partial charge in [0.05, 0.1) is 24.7 Å². The maximum absolute atomic E-state index is 13.2. The molecule has 0 aliphatic carbocycles. The largest absolute Gasteiger partial charge is 0.379 e. The smallest absolute Gasteiger partial charge is 0.226 e. The molecule has 2 aliphatic rings. The van der Waals surface area contributed by atoms with Gasteiger partial charge in [-0.25, -0.2) is 4.39 Å². The predicted molar refractivity (Wildman–Crippen MR) is 80.0 cm³/mol. The van der Waals surface area contributed by atoms with Crippen LogP contribution in [0.3, 0.4) is 0 Å². The molecule has 2 aliphatic heterocycles. The van der Waals surface area contributed by atoms with Crippen LogP contribution in [0.4, 0.5) is 4.39 Å². The number of amides is 1. The van der Waals surface area contributed by atoms with Crippen molar-refractivity contribution in [2.45, 2.75) is 37.4 Å². The Bertz CT molecular complexity index is 540. The summed E-state index contributed by atoms with van der Waals surface area (Å²) in [4.78, 5) is 14.2. The Morgan fingerprint density at radius 2 is 2.23 bits per heavy atom. The quantitative estimate of drug-likeness (QED) is 0.859. The normalized spacial score (nSPS) is 23.9. The van der Waals surface area contributed by atoms with E-state index >= 15 is 0 Å². The van der Waals surface area contributed by atoms with Gasteiger partial charge >= 0.3 is 0 Å². The molecule has 0 saturated carbocycles. The van der Waals surface area contributed by atoms with Crippen LogP contribution in [-0.4, -0.2) is 49.3 Å². The second kappa shape index (κ2) is 6.34. The first-order valence-electron chi connectivity index (χ1n) is 7.79. The number of ether oxygens (including phenoxy) is 2. The number of nitrogens with zero attached hydrogens (tertiary/aromatic N) is 1. The minimum Gasteiger partial charge on any atom is -0.379 e. The minimum atomic E-state index is -0.298. The van der Waals surface area contributed by atoms with Gasteiger partial charge in [0, 0.05) is 26.6 Å². The summed E-state index contributed by atoms with van der Waals surface area (Å²) in [5.41, 5.74) is 0.609. The molecular formula is C17H22FNO3. The molecule has 2 saturated heterocycles. The van der Waals surface area contributed by atoms with Crippen LogP contribution in [-0.2, 0) is 20.7 Å². The van der Waals surface area contributed by atoms with Crippen LogP contribution in [0.25, 0.3) is 0 Å². The third-order valence-electron chi connectivity index (χ3n) is 4.78. The lowest BCUT2D eigenvalue weighted by atomic mass is 9.88. The molecule has 0 unspecified atom stereocenters. The van der Waals surface area contributed by atoms with Crippen molar-refractivity contribution in [3.05, 3.63) is 35.6 Å². The fraction of sp³-hybridized carbons (Fsp3) is 0.588. The van der Waals surface area contributed by atoms with Gasteiger partial charge in [-0.3, -0.25) is 4.79 Å². The monoisotopic (exact) mass is 307 g/mol. The van der Waals surface area contributed by atoms with Crippen LogP contribution >= 0.6 is 0 Å². The lowest BCUT2D eigenvalue weighted by Gasteiger charge is -2.38. The van der Waals surface area contributed by atoms with E-state index in [1.54, 1.807) is 19.2 Å². The molecule has 1 aromatic carbocycles. The fourth-order valence-electron chi connectivity index (χ4n) is 3.40. The Balaban J connectivity index is 1.54. The SMILES string of the molecule is CO[C@H]1COC2(CCN(C(=O)Cc3cccc(F)c3)CC2)C1.